The van der Waals surface area contributed by atoms with Crippen LogP contribution in [0.15, 0.2) is 42.2 Å². The van der Waals surface area contributed by atoms with E-state index < -0.39 is 6.04 Å². The molecule has 1 aliphatic heterocycles. The molecular formula is C26H30FN3O4S. The number of rotatable bonds is 9. The molecular weight excluding hydrogens is 469 g/mol. The van der Waals surface area contributed by atoms with E-state index in [1.165, 1.54) is 22.5 Å². The van der Waals surface area contributed by atoms with Crippen LogP contribution in [0.5, 0.6) is 0 Å². The molecule has 2 heterocycles. The van der Waals surface area contributed by atoms with E-state index in [4.69, 9.17) is 4.74 Å². The van der Waals surface area contributed by atoms with E-state index in [9.17, 15) is 18.8 Å². The fraction of sp³-hybridized carbons (Fsp3) is 0.462. The molecule has 35 heavy (non-hydrogen) atoms. The number of benzene rings is 1. The first-order chi connectivity index (χ1) is 16.9. The second-order valence-corrected chi connectivity index (χ2v) is 10.3. The van der Waals surface area contributed by atoms with E-state index in [1.807, 2.05) is 11.0 Å². The number of esters is 1. The van der Waals surface area contributed by atoms with Gasteiger partial charge in [-0.25, -0.2) is 4.39 Å². The normalized spacial score (nSPS) is 20.5. The molecule has 1 aromatic heterocycles. The number of piperidine rings is 1. The van der Waals surface area contributed by atoms with Crippen molar-refractivity contribution in [2.24, 2.45) is 5.92 Å². The van der Waals surface area contributed by atoms with Gasteiger partial charge in [-0.05, 0) is 37.8 Å². The van der Waals surface area contributed by atoms with Crippen molar-refractivity contribution in [3.05, 3.63) is 59.2 Å². The van der Waals surface area contributed by atoms with E-state index in [1.54, 1.807) is 44.4 Å². The minimum Gasteiger partial charge on any atom is -0.465 e. The first-order valence-corrected chi connectivity index (χ1v) is 12.8. The van der Waals surface area contributed by atoms with E-state index in [-0.39, 0.29) is 40.4 Å². The summed E-state index contributed by atoms with van der Waals surface area (Å²) >= 11 is 1.27. The van der Waals surface area contributed by atoms with Crippen LogP contribution in [0.3, 0.4) is 0 Å². The highest BCUT2D eigenvalue weighted by Crippen LogP contribution is 2.40. The standard InChI is InChI=1S/C26H30FN3O4S/c1-3-34-24(32)16-30-14-18(13-28-30)12-20-15-29(11-10-23(20)35-17(2)31)25(26(33)19-8-9-19)21-6-4-5-7-22(21)27/h4-7,12-14,19,23,25H,3,8-11,15-16H2,1-2H3. The minimum atomic E-state index is -0.651. The van der Waals surface area contributed by atoms with Gasteiger partial charge in [-0.15, -0.1) is 0 Å². The predicted octanol–water partition coefficient (Wildman–Crippen LogP) is 4.04. The molecule has 0 N–H and O–H groups in total. The van der Waals surface area contributed by atoms with Crippen LogP contribution < -0.4 is 0 Å². The van der Waals surface area contributed by atoms with Crippen LogP contribution >= 0.6 is 11.8 Å². The Hall–Kier alpha value is -2.78. The van der Waals surface area contributed by atoms with Gasteiger partial charge in [-0.2, -0.15) is 5.10 Å². The van der Waals surface area contributed by atoms with Crippen LogP contribution in [-0.4, -0.2) is 56.5 Å². The number of ketones is 1. The van der Waals surface area contributed by atoms with Crippen molar-refractivity contribution >= 4 is 34.7 Å². The molecule has 2 unspecified atom stereocenters. The average Bonchev–Trinajstić information content (AvgIpc) is 3.58. The quantitative estimate of drug-likeness (QED) is 0.482. The zero-order chi connectivity index (χ0) is 24.9. The molecule has 2 atom stereocenters. The topological polar surface area (TPSA) is 81.5 Å². The van der Waals surface area contributed by atoms with Crippen LogP contribution in [-0.2, 0) is 25.7 Å². The van der Waals surface area contributed by atoms with Gasteiger partial charge in [0.05, 0.1) is 18.8 Å². The molecule has 0 spiro atoms. The fourth-order valence-corrected chi connectivity index (χ4v) is 5.41. The van der Waals surface area contributed by atoms with Crippen molar-refractivity contribution in [1.82, 2.24) is 14.7 Å². The Balaban J connectivity index is 1.61. The summed E-state index contributed by atoms with van der Waals surface area (Å²) in [5.74, 6) is -0.695. The predicted molar refractivity (Wildman–Crippen MR) is 132 cm³/mol. The third-order valence-corrected chi connectivity index (χ3v) is 7.36. The first-order valence-electron chi connectivity index (χ1n) is 11.9. The van der Waals surface area contributed by atoms with Gasteiger partial charge in [-0.3, -0.25) is 24.0 Å². The lowest BCUT2D eigenvalue weighted by atomic mass is 9.93. The summed E-state index contributed by atoms with van der Waals surface area (Å²) in [6.45, 7) is 4.64. The molecule has 9 heteroatoms. The molecule has 1 saturated carbocycles. The number of carbonyl (C=O) groups excluding carboxylic acids is 3. The largest absolute Gasteiger partial charge is 0.465 e. The Morgan fingerprint density at radius 3 is 2.71 bits per heavy atom. The van der Waals surface area contributed by atoms with Crippen LogP contribution in [0.25, 0.3) is 6.08 Å². The van der Waals surface area contributed by atoms with Crippen LogP contribution in [0, 0.1) is 11.7 Å². The van der Waals surface area contributed by atoms with E-state index in [2.05, 4.69) is 5.10 Å². The number of thioether (sulfide) groups is 1. The van der Waals surface area contributed by atoms with Crippen molar-refractivity contribution < 1.29 is 23.5 Å². The molecule has 7 nitrogen and oxygen atoms in total. The Morgan fingerprint density at radius 1 is 1.26 bits per heavy atom. The van der Waals surface area contributed by atoms with Crippen LogP contribution in [0.2, 0.25) is 0 Å². The Kier molecular flexibility index (Phi) is 8.18. The van der Waals surface area contributed by atoms with E-state index >= 15 is 0 Å². The lowest BCUT2D eigenvalue weighted by Gasteiger charge is -2.38. The van der Waals surface area contributed by atoms with Gasteiger partial charge in [0.1, 0.15) is 12.4 Å². The zero-order valence-corrected chi connectivity index (χ0v) is 20.8. The first kappa shape index (κ1) is 25.3. The number of likely N-dealkylation sites (tertiary alicyclic amines) is 1. The lowest BCUT2D eigenvalue weighted by Crippen LogP contribution is -2.43. The number of halogens is 1. The number of hydrogen-bond donors (Lipinski definition) is 0. The molecule has 2 aromatic rings. The van der Waals surface area contributed by atoms with Crippen molar-refractivity contribution in [2.45, 2.75) is 50.9 Å². The summed E-state index contributed by atoms with van der Waals surface area (Å²) in [4.78, 5) is 39.0. The summed E-state index contributed by atoms with van der Waals surface area (Å²) in [6.07, 6.45) is 7.73. The SMILES string of the molecule is CCOC(=O)Cn1cc(C=C2CN(C(C(=O)C3CC3)c3ccccc3F)CCC2SC(C)=O)cn1. The molecule has 0 radical (unpaired) electrons. The number of carbonyl (C=O) groups is 3. The second kappa shape index (κ2) is 11.3. The number of Topliss-reactive ketones (excluding diaryl/α,β-unsaturated/α-hetero) is 1. The number of ether oxygens (including phenoxy) is 1. The van der Waals surface area contributed by atoms with Crippen molar-refractivity contribution in [3.8, 4) is 0 Å². The Labute approximate surface area is 208 Å². The second-order valence-electron chi connectivity index (χ2n) is 8.95. The van der Waals surface area contributed by atoms with Crippen LogP contribution in [0.1, 0.15) is 50.3 Å². The van der Waals surface area contributed by atoms with Gasteiger partial charge >= 0.3 is 5.97 Å². The maximum Gasteiger partial charge on any atom is 0.327 e. The van der Waals surface area contributed by atoms with Crippen molar-refractivity contribution in [3.63, 3.8) is 0 Å². The summed E-state index contributed by atoms with van der Waals surface area (Å²) in [6, 6.07) is 5.84. The summed E-state index contributed by atoms with van der Waals surface area (Å²) < 4.78 is 21.3. The average molecular weight is 500 g/mol. The number of nitrogens with zero attached hydrogens (tertiary/aromatic N) is 3. The van der Waals surface area contributed by atoms with Crippen molar-refractivity contribution in [1.29, 1.82) is 0 Å². The minimum absolute atomic E-state index is 0.0139. The third kappa shape index (κ3) is 6.46. The zero-order valence-electron chi connectivity index (χ0n) is 20.0. The maximum absolute atomic E-state index is 14.8. The highest BCUT2D eigenvalue weighted by Gasteiger charge is 2.41. The molecule has 186 valence electrons. The molecule has 2 aliphatic rings. The van der Waals surface area contributed by atoms with E-state index in [0.717, 1.165) is 24.0 Å². The molecule has 0 amide bonds. The summed E-state index contributed by atoms with van der Waals surface area (Å²) in [5.41, 5.74) is 2.16. The molecule has 4 rings (SSSR count). The van der Waals surface area contributed by atoms with Gasteiger partial charge in [0.2, 0.25) is 0 Å². The Bertz CT molecular complexity index is 1130. The summed E-state index contributed by atoms with van der Waals surface area (Å²) in [7, 11) is 0. The molecule has 1 aliphatic carbocycles. The Morgan fingerprint density at radius 2 is 2.03 bits per heavy atom. The van der Waals surface area contributed by atoms with Crippen molar-refractivity contribution in [2.75, 3.05) is 19.7 Å². The molecule has 2 fully saturated rings. The summed E-state index contributed by atoms with van der Waals surface area (Å²) in [5, 5.41) is 4.22. The smallest absolute Gasteiger partial charge is 0.327 e. The van der Waals surface area contributed by atoms with Gasteiger partial charge in [0, 0.05) is 48.5 Å². The van der Waals surface area contributed by atoms with Gasteiger partial charge in [-0.1, -0.05) is 36.0 Å². The van der Waals surface area contributed by atoms with E-state index in [0.29, 0.717) is 31.7 Å². The van der Waals surface area contributed by atoms with Gasteiger partial charge in [0.25, 0.3) is 0 Å². The molecule has 0 bridgehead atoms. The molecule has 1 aromatic carbocycles. The monoisotopic (exact) mass is 499 g/mol. The third-order valence-electron chi connectivity index (χ3n) is 6.20. The van der Waals surface area contributed by atoms with Crippen LogP contribution in [0.4, 0.5) is 4.39 Å². The number of aromatic nitrogens is 2. The molecule has 1 saturated heterocycles. The highest BCUT2D eigenvalue weighted by atomic mass is 32.2. The van der Waals surface area contributed by atoms with Gasteiger partial charge in [0.15, 0.2) is 10.9 Å². The lowest BCUT2D eigenvalue weighted by molar-refractivity contribution is -0.144. The fourth-order valence-electron chi connectivity index (χ4n) is 4.49. The highest BCUT2D eigenvalue weighted by molar-refractivity contribution is 8.14. The van der Waals surface area contributed by atoms with Gasteiger partial charge < -0.3 is 4.74 Å². The number of hydrogen-bond acceptors (Lipinski definition) is 7. The maximum atomic E-state index is 14.8.